The van der Waals surface area contributed by atoms with E-state index in [9.17, 15) is 5.26 Å². The lowest BCUT2D eigenvalue weighted by Crippen LogP contribution is -1.98. The molecule has 104 valence electrons. The van der Waals surface area contributed by atoms with E-state index in [-0.39, 0.29) is 0 Å². The third kappa shape index (κ3) is 2.08. The predicted molar refractivity (Wildman–Crippen MR) is 85.1 cm³/mol. The van der Waals surface area contributed by atoms with Crippen LogP contribution in [0.4, 0.5) is 0 Å². The van der Waals surface area contributed by atoms with Crippen LogP contribution in [0.15, 0.2) is 41.0 Å². The maximum Gasteiger partial charge on any atom is 0.127 e. The summed E-state index contributed by atoms with van der Waals surface area (Å²) in [5, 5.41) is 15.7. The van der Waals surface area contributed by atoms with Crippen LogP contribution in [0.2, 0.25) is 0 Å². The van der Waals surface area contributed by atoms with E-state index in [2.05, 4.69) is 27.1 Å². The van der Waals surface area contributed by atoms with Crippen molar-refractivity contribution in [3.8, 4) is 23.1 Å². The average molecular weight is 342 g/mol. The lowest BCUT2D eigenvalue weighted by atomic mass is 9.97. The second-order valence-electron chi connectivity index (χ2n) is 4.62. The second kappa shape index (κ2) is 5.23. The maximum atomic E-state index is 9.62. The number of fused-ring (bicyclic) bond motifs is 1. The molecule has 3 rings (SSSR count). The van der Waals surface area contributed by atoms with Crippen LogP contribution in [-0.4, -0.2) is 16.9 Å². The molecule has 0 aliphatic heterocycles. The summed E-state index contributed by atoms with van der Waals surface area (Å²) in [6.45, 7) is 0. The van der Waals surface area contributed by atoms with Crippen molar-refractivity contribution < 1.29 is 4.74 Å². The van der Waals surface area contributed by atoms with E-state index < -0.39 is 0 Å². The van der Waals surface area contributed by atoms with Crippen molar-refractivity contribution in [1.82, 2.24) is 9.78 Å². The van der Waals surface area contributed by atoms with Gasteiger partial charge in [0.1, 0.15) is 11.8 Å². The summed E-state index contributed by atoms with van der Waals surface area (Å²) >= 11 is 3.49. The van der Waals surface area contributed by atoms with Crippen molar-refractivity contribution in [3.05, 3.63) is 46.6 Å². The topological polar surface area (TPSA) is 50.8 Å². The molecule has 1 aromatic heterocycles. The molecule has 0 bridgehead atoms. The number of ether oxygens (including phenoxy) is 1. The Morgan fingerprint density at radius 1 is 1.29 bits per heavy atom. The van der Waals surface area contributed by atoms with Gasteiger partial charge in [0, 0.05) is 23.4 Å². The molecule has 0 unspecified atom stereocenters. The van der Waals surface area contributed by atoms with Crippen LogP contribution in [0.3, 0.4) is 0 Å². The Kier molecular flexibility index (Phi) is 3.40. The fourth-order valence-electron chi connectivity index (χ4n) is 2.53. The largest absolute Gasteiger partial charge is 0.496 e. The molecule has 1 heterocycles. The number of aromatic nitrogens is 2. The van der Waals surface area contributed by atoms with Gasteiger partial charge in [0.2, 0.25) is 0 Å². The molecule has 0 atom stereocenters. The van der Waals surface area contributed by atoms with Crippen LogP contribution in [-0.2, 0) is 7.05 Å². The van der Waals surface area contributed by atoms with Gasteiger partial charge >= 0.3 is 0 Å². The van der Waals surface area contributed by atoms with Gasteiger partial charge in [-0.3, -0.25) is 4.68 Å². The lowest BCUT2D eigenvalue weighted by molar-refractivity contribution is 0.420. The third-order valence-corrected chi connectivity index (χ3v) is 4.07. The van der Waals surface area contributed by atoms with E-state index in [1.165, 1.54) is 0 Å². The van der Waals surface area contributed by atoms with Gasteiger partial charge in [-0.15, -0.1) is 0 Å². The van der Waals surface area contributed by atoms with Crippen molar-refractivity contribution in [1.29, 1.82) is 5.26 Å². The molecule has 0 aliphatic rings. The van der Waals surface area contributed by atoms with Crippen LogP contribution in [0.25, 0.3) is 22.0 Å². The highest BCUT2D eigenvalue weighted by molar-refractivity contribution is 9.10. The van der Waals surface area contributed by atoms with E-state index in [0.717, 1.165) is 32.3 Å². The second-order valence-corrected chi connectivity index (χ2v) is 5.48. The molecule has 3 aromatic rings. The van der Waals surface area contributed by atoms with Gasteiger partial charge in [-0.1, -0.05) is 24.3 Å². The Balaban J connectivity index is 2.47. The average Bonchev–Trinajstić information content (AvgIpc) is 2.84. The molecule has 0 radical (unpaired) electrons. The third-order valence-electron chi connectivity index (χ3n) is 3.49. The van der Waals surface area contributed by atoms with E-state index >= 15 is 0 Å². The molecule has 2 aromatic carbocycles. The first kappa shape index (κ1) is 13.7. The standard InChI is InChI=1S/C16H12BrN3O/c1-20-16(14(17)9-19-20)12-7-15(21-2)11-6-4-3-5-10(11)13(12)8-18/h3-7,9H,1-2H3. The zero-order valence-corrected chi connectivity index (χ0v) is 13.2. The van der Waals surface area contributed by atoms with Gasteiger partial charge in [0.25, 0.3) is 0 Å². The van der Waals surface area contributed by atoms with E-state index in [1.54, 1.807) is 18.0 Å². The molecule has 0 saturated heterocycles. The Morgan fingerprint density at radius 3 is 2.57 bits per heavy atom. The van der Waals surface area contributed by atoms with Crippen LogP contribution in [0.5, 0.6) is 5.75 Å². The monoisotopic (exact) mass is 341 g/mol. The molecule has 4 nitrogen and oxygen atoms in total. The quantitative estimate of drug-likeness (QED) is 0.710. The summed E-state index contributed by atoms with van der Waals surface area (Å²) in [5.41, 5.74) is 2.28. The van der Waals surface area contributed by atoms with Crippen molar-refractivity contribution in [3.63, 3.8) is 0 Å². The fraction of sp³-hybridized carbons (Fsp3) is 0.125. The number of hydrogen-bond donors (Lipinski definition) is 0. The zero-order chi connectivity index (χ0) is 15.0. The molecule has 0 spiro atoms. The smallest absolute Gasteiger partial charge is 0.127 e. The number of nitriles is 1. The number of benzene rings is 2. The summed E-state index contributed by atoms with van der Waals surface area (Å²) in [6, 6.07) is 12.0. The zero-order valence-electron chi connectivity index (χ0n) is 11.6. The van der Waals surface area contributed by atoms with Crippen molar-refractivity contribution in [2.75, 3.05) is 7.11 Å². The Labute approximate surface area is 130 Å². The molecule has 0 amide bonds. The van der Waals surface area contributed by atoms with Crippen LogP contribution < -0.4 is 4.74 Å². The van der Waals surface area contributed by atoms with Gasteiger partial charge < -0.3 is 4.74 Å². The number of hydrogen-bond acceptors (Lipinski definition) is 3. The maximum absolute atomic E-state index is 9.62. The summed E-state index contributed by atoms with van der Waals surface area (Å²) < 4.78 is 8.08. The van der Waals surface area contributed by atoms with Gasteiger partial charge in [0.15, 0.2) is 0 Å². The highest BCUT2D eigenvalue weighted by atomic mass is 79.9. The van der Waals surface area contributed by atoms with Crippen LogP contribution in [0.1, 0.15) is 5.56 Å². The van der Waals surface area contributed by atoms with E-state index in [1.807, 2.05) is 37.4 Å². The van der Waals surface area contributed by atoms with E-state index in [0.29, 0.717) is 5.56 Å². The van der Waals surface area contributed by atoms with Gasteiger partial charge in [-0.25, -0.2) is 0 Å². The lowest BCUT2D eigenvalue weighted by Gasteiger charge is -2.12. The summed E-state index contributed by atoms with van der Waals surface area (Å²) in [7, 11) is 3.48. The van der Waals surface area contributed by atoms with Crippen molar-refractivity contribution in [2.24, 2.45) is 7.05 Å². The normalized spacial score (nSPS) is 10.6. The SMILES string of the molecule is COc1cc(-c2c(Br)cnn2C)c(C#N)c2ccccc12. The Hall–Kier alpha value is -2.32. The first-order chi connectivity index (χ1) is 10.2. The van der Waals surface area contributed by atoms with Gasteiger partial charge in [-0.05, 0) is 22.0 Å². The minimum absolute atomic E-state index is 0.621. The first-order valence-electron chi connectivity index (χ1n) is 6.35. The molecule has 0 N–H and O–H groups in total. The van der Waals surface area contributed by atoms with Crippen LogP contribution >= 0.6 is 15.9 Å². The number of rotatable bonds is 2. The fourth-order valence-corrected chi connectivity index (χ4v) is 3.09. The number of aryl methyl sites for hydroxylation is 1. The summed E-state index contributed by atoms with van der Waals surface area (Å²) in [4.78, 5) is 0. The molecule has 5 heteroatoms. The minimum Gasteiger partial charge on any atom is -0.496 e. The van der Waals surface area contributed by atoms with Gasteiger partial charge in [-0.2, -0.15) is 10.4 Å². The number of nitrogens with zero attached hydrogens (tertiary/aromatic N) is 3. The summed E-state index contributed by atoms with van der Waals surface area (Å²) in [6.07, 6.45) is 1.72. The van der Waals surface area contributed by atoms with Crippen LogP contribution in [0, 0.1) is 11.3 Å². The van der Waals surface area contributed by atoms with Crippen molar-refractivity contribution >= 4 is 26.7 Å². The first-order valence-corrected chi connectivity index (χ1v) is 7.14. The van der Waals surface area contributed by atoms with Crippen molar-refractivity contribution in [2.45, 2.75) is 0 Å². The Bertz CT molecular complexity index is 858. The number of halogens is 1. The summed E-state index contributed by atoms with van der Waals surface area (Å²) in [5.74, 6) is 0.743. The minimum atomic E-state index is 0.621. The molecular weight excluding hydrogens is 330 g/mol. The highest BCUT2D eigenvalue weighted by Crippen LogP contribution is 2.38. The molecule has 0 fully saturated rings. The predicted octanol–water partition coefficient (Wildman–Crippen LogP) is 3.88. The molecule has 0 saturated carbocycles. The molecule has 0 aliphatic carbocycles. The molecular formula is C16H12BrN3O. The highest BCUT2D eigenvalue weighted by Gasteiger charge is 2.18. The van der Waals surface area contributed by atoms with Gasteiger partial charge in [0.05, 0.1) is 29.0 Å². The Morgan fingerprint density at radius 2 is 2.00 bits per heavy atom. The van der Waals surface area contributed by atoms with E-state index in [4.69, 9.17) is 4.74 Å². The molecule has 21 heavy (non-hydrogen) atoms. The number of methoxy groups -OCH3 is 1.